The van der Waals surface area contributed by atoms with Crippen molar-refractivity contribution in [2.75, 3.05) is 31.4 Å². The number of ether oxygens (including phenoxy) is 1. The molecule has 9 nitrogen and oxygen atoms in total. The molecule has 1 aliphatic heterocycles. The summed E-state index contributed by atoms with van der Waals surface area (Å²) in [6, 6.07) is 13.9. The molecule has 0 aliphatic carbocycles. The molecule has 1 aliphatic rings. The van der Waals surface area contributed by atoms with Gasteiger partial charge < -0.3 is 15.0 Å². The minimum absolute atomic E-state index is 0.00699. The highest BCUT2D eigenvalue weighted by Gasteiger charge is 2.27. The van der Waals surface area contributed by atoms with Gasteiger partial charge in [-0.2, -0.15) is 0 Å². The Hall–Kier alpha value is -3.76. The quantitative estimate of drug-likeness (QED) is 0.652. The van der Waals surface area contributed by atoms with Crippen molar-refractivity contribution in [2.24, 2.45) is 0 Å². The monoisotopic (exact) mass is 452 g/mol. The predicted octanol–water partition coefficient (Wildman–Crippen LogP) is 2.97. The number of carbonyl (C=O) groups excluding carboxylic acids is 2. The Morgan fingerprint density at radius 1 is 1.09 bits per heavy atom. The van der Waals surface area contributed by atoms with Crippen LogP contribution in [0.15, 0.2) is 65.7 Å². The normalized spacial score (nSPS) is 13.1. The second-order valence-electron chi connectivity index (χ2n) is 7.27. The lowest BCUT2D eigenvalue weighted by Gasteiger charge is -2.15. The molecule has 0 saturated carbocycles. The number of hydrogen-bond donors (Lipinski definition) is 1. The van der Waals surface area contributed by atoms with Gasteiger partial charge in [-0.25, -0.2) is 17.7 Å². The first kappa shape index (κ1) is 21.5. The van der Waals surface area contributed by atoms with E-state index in [1.807, 2.05) is 0 Å². The highest BCUT2D eigenvalue weighted by molar-refractivity contribution is 7.89. The summed E-state index contributed by atoms with van der Waals surface area (Å²) >= 11 is 0. The van der Waals surface area contributed by atoms with Crippen molar-refractivity contribution in [3.8, 4) is 11.6 Å². The lowest BCUT2D eigenvalue weighted by Crippen LogP contribution is -2.25. The SMILES string of the molecule is CN1C(=O)c2cc(NC(=O)c3cccc(S(=O)(=O)N(C)C)c3)ccc2Oc2ncccc21. The molecule has 1 aromatic heterocycles. The Labute approximate surface area is 185 Å². The van der Waals surface area contributed by atoms with Gasteiger partial charge in [-0.15, -0.1) is 0 Å². The first-order chi connectivity index (χ1) is 15.2. The molecule has 32 heavy (non-hydrogen) atoms. The fourth-order valence-electron chi connectivity index (χ4n) is 3.19. The molecule has 164 valence electrons. The predicted molar refractivity (Wildman–Crippen MR) is 119 cm³/mol. The maximum Gasteiger partial charge on any atom is 0.262 e. The van der Waals surface area contributed by atoms with Crippen molar-refractivity contribution in [1.82, 2.24) is 9.29 Å². The van der Waals surface area contributed by atoms with Crippen LogP contribution in [0, 0.1) is 0 Å². The van der Waals surface area contributed by atoms with Crippen LogP contribution in [0.3, 0.4) is 0 Å². The third kappa shape index (κ3) is 3.81. The Kier molecular flexibility index (Phi) is 5.41. The van der Waals surface area contributed by atoms with Crippen molar-refractivity contribution in [1.29, 1.82) is 0 Å². The van der Waals surface area contributed by atoms with Crippen molar-refractivity contribution in [3.05, 3.63) is 71.9 Å². The van der Waals surface area contributed by atoms with Crippen LogP contribution in [-0.4, -0.2) is 50.7 Å². The molecule has 1 N–H and O–H groups in total. The van der Waals surface area contributed by atoms with E-state index in [4.69, 9.17) is 4.74 Å². The number of aromatic nitrogens is 1. The third-order valence-electron chi connectivity index (χ3n) is 4.97. The van der Waals surface area contributed by atoms with E-state index in [-0.39, 0.29) is 21.9 Å². The van der Waals surface area contributed by atoms with Gasteiger partial charge in [0, 0.05) is 38.6 Å². The highest BCUT2D eigenvalue weighted by Crippen LogP contribution is 2.37. The van der Waals surface area contributed by atoms with Crippen LogP contribution in [0.25, 0.3) is 0 Å². The minimum Gasteiger partial charge on any atom is -0.436 e. The van der Waals surface area contributed by atoms with E-state index in [9.17, 15) is 18.0 Å². The summed E-state index contributed by atoms with van der Waals surface area (Å²) in [5.41, 5.74) is 1.31. The second kappa shape index (κ2) is 8.06. The number of amides is 2. The number of benzene rings is 2. The molecular formula is C22H20N4O5S. The molecule has 0 bridgehead atoms. The lowest BCUT2D eigenvalue weighted by atomic mass is 10.1. The molecule has 0 saturated heterocycles. The minimum atomic E-state index is -3.68. The van der Waals surface area contributed by atoms with Gasteiger partial charge in [-0.1, -0.05) is 6.07 Å². The van der Waals surface area contributed by atoms with Gasteiger partial charge in [-0.3, -0.25) is 9.59 Å². The van der Waals surface area contributed by atoms with E-state index in [1.165, 1.54) is 49.3 Å². The molecule has 2 heterocycles. The van der Waals surface area contributed by atoms with Crippen molar-refractivity contribution in [3.63, 3.8) is 0 Å². The number of anilines is 2. The molecule has 2 amide bonds. The van der Waals surface area contributed by atoms with Crippen LogP contribution in [0.5, 0.6) is 11.6 Å². The Bertz CT molecular complexity index is 1340. The molecule has 0 unspecified atom stereocenters. The van der Waals surface area contributed by atoms with Crippen LogP contribution >= 0.6 is 0 Å². The number of carbonyl (C=O) groups is 2. The number of fused-ring (bicyclic) bond motifs is 2. The van der Waals surface area contributed by atoms with E-state index in [1.54, 1.807) is 37.5 Å². The summed E-state index contributed by atoms with van der Waals surface area (Å²) in [7, 11) is 0.770. The van der Waals surface area contributed by atoms with E-state index < -0.39 is 15.9 Å². The maximum atomic E-state index is 13.0. The van der Waals surface area contributed by atoms with Gasteiger partial charge in [0.1, 0.15) is 11.4 Å². The fourth-order valence-corrected chi connectivity index (χ4v) is 4.13. The van der Waals surface area contributed by atoms with Crippen LogP contribution in [0.4, 0.5) is 11.4 Å². The van der Waals surface area contributed by atoms with Crippen molar-refractivity contribution < 1.29 is 22.7 Å². The van der Waals surface area contributed by atoms with Crippen LogP contribution in [-0.2, 0) is 10.0 Å². The zero-order valence-electron chi connectivity index (χ0n) is 17.6. The van der Waals surface area contributed by atoms with E-state index >= 15 is 0 Å². The maximum absolute atomic E-state index is 13.0. The summed E-state index contributed by atoms with van der Waals surface area (Å²) in [6.07, 6.45) is 1.57. The first-order valence-electron chi connectivity index (χ1n) is 9.57. The average molecular weight is 452 g/mol. The summed E-state index contributed by atoms with van der Waals surface area (Å²) in [5.74, 6) is -0.211. The average Bonchev–Trinajstić information content (AvgIpc) is 2.89. The number of nitrogens with zero attached hydrogens (tertiary/aromatic N) is 3. The summed E-state index contributed by atoms with van der Waals surface area (Å²) in [6.45, 7) is 0. The number of sulfonamides is 1. The standard InChI is InChI=1S/C22H20N4O5S/c1-25(2)32(29,30)16-7-4-6-14(12-16)20(27)24-15-9-10-19-17(13-15)22(28)26(3)18-8-5-11-23-21(18)31-19/h4-13H,1-3H3,(H,24,27). The number of pyridine rings is 1. The molecular weight excluding hydrogens is 432 g/mol. The molecule has 0 spiro atoms. The largest absolute Gasteiger partial charge is 0.436 e. The van der Waals surface area contributed by atoms with E-state index in [0.717, 1.165) is 4.31 Å². The van der Waals surface area contributed by atoms with Crippen molar-refractivity contribution in [2.45, 2.75) is 4.90 Å². The number of rotatable bonds is 4. The molecule has 3 aromatic rings. The van der Waals surface area contributed by atoms with Crippen LogP contribution in [0.1, 0.15) is 20.7 Å². The molecule has 10 heteroatoms. The summed E-state index contributed by atoms with van der Waals surface area (Å²) < 4.78 is 31.6. The summed E-state index contributed by atoms with van der Waals surface area (Å²) in [4.78, 5) is 31.3. The van der Waals surface area contributed by atoms with E-state index in [0.29, 0.717) is 23.0 Å². The molecule has 0 radical (unpaired) electrons. The van der Waals surface area contributed by atoms with Gasteiger partial charge in [-0.05, 0) is 48.5 Å². The second-order valence-corrected chi connectivity index (χ2v) is 9.43. The van der Waals surface area contributed by atoms with Gasteiger partial charge in [0.25, 0.3) is 11.8 Å². The van der Waals surface area contributed by atoms with Gasteiger partial charge >= 0.3 is 0 Å². The Balaban J connectivity index is 1.63. The highest BCUT2D eigenvalue weighted by atomic mass is 32.2. The number of nitrogens with one attached hydrogen (secondary N) is 1. The van der Waals surface area contributed by atoms with Gasteiger partial charge in [0.15, 0.2) is 0 Å². The molecule has 0 atom stereocenters. The zero-order chi connectivity index (χ0) is 23.0. The zero-order valence-corrected chi connectivity index (χ0v) is 18.4. The smallest absolute Gasteiger partial charge is 0.262 e. The molecule has 2 aromatic carbocycles. The fraction of sp³-hybridized carbons (Fsp3) is 0.136. The molecule has 0 fully saturated rings. The van der Waals surface area contributed by atoms with Crippen LogP contribution < -0.4 is 15.0 Å². The summed E-state index contributed by atoms with van der Waals surface area (Å²) in [5, 5.41) is 2.70. The Morgan fingerprint density at radius 3 is 2.62 bits per heavy atom. The van der Waals surface area contributed by atoms with Crippen LogP contribution in [0.2, 0.25) is 0 Å². The number of hydrogen-bond acceptors (Lipinski definition) is 6. The van der Waals surface area contributed by atoms with E-state index in [2.05, 4.69) is 10.3 Å². The Morgan fingerprint density at radius 2 is 1.88 bits per heavy atom. The lowest BCUT2D eigenvalue weighted by molar-refractivity contribution is 0.0990. The van der Waals surface area contributed by atoms with Crippen molar-refractivity contribution >= 4 is 33.2 Å². The van der Waals surface area contributed by atoms with Gasteiger partial charge in [0.2, 0.25) is 15.9 Å². The molecule has 4 rings (SSSR count). The van der Waals surface area contributed by atoms with Gasteiger partial charge in [0.05, 0.1) is 10.5 Å². The third-order valence-corrected chi connectivity index (χ3v) is 6.78. The topological polar surface area (TPSA) is 109 Å². The first-order valence-corrected chi connectivity index (χ1v) is 11.0.